The van der Waals surface area contributed by atoms with Crippen molar-refractivity contribution in [3.8, 4) is 34.5 Å². The highest BCUT2D eigenvalue weighted by atomic mass is 16.5. The average Bonchev–Trinajstić information content (AvgIpc) is 2.87. The van der Waals surface area contributed by atoms with E-state index in [1.807, 2.05) is 18.2 Å². The second-order valence-corrected chi connectivity index (χ2v) is 9.22. The van der Waals surface area contributed by atoms with Crippen molar-refractivity contribution < 1.29 is 9.47 Å². The molecule has 186 valence electrons. The number of rotatable bonds is 6. The van der Waals surface area contributed by atoms with E-state index in [2.05, 4.69) is 82.7 Å². The molecule has 0 atom stereocenters. The Hall–Kier alpha value is -3.93. The fourth-order valence-corrected chi connectivity index (χ4v) is 4.90. The molecular formula is C30H34N4O2. The monoisotopic (exact) mass is 482 g/mol. The van der Waals surface area contributed by atoms with Crippen molar-refractivity contribution in [2.75, 3.05) is 26.2 Å². The molecule has 36 heavy (non-hydrogen) atoms. The summed E-state index contributed by atoms with van der Waals surface area (Å²) in [7, 11) is 5.37. The zero-order valence-electron chi connectivity index (χ0n) is 22.6. The molecule has 0 aliphatic carbocycles. The van der Waals surface area contributed by atoms with Crippen LogP contribution in [-0.4, -0.2) is 36.2 Å². The Bertz CT molecular complexity index is 1380. The van der Waals surface area contributed by atoms with Gasteiger partial charge in [-0.3, -0.25) is 0 Å². The lowest BCUT2D eigenvalue weighted by Crippen LogP contribution is -2.15. The fourth-order valence-electron chi connectivity index (χ4n) is 4.90. The molecule has 0 aliphatic heterocycles. The van der Waals surface area contributed by atoms with Crippen LogP contribution in [0.1, 0.15) is 33.4 Å². The van der Waals surface area contributed by atoms with Gasteiger partial charge in [0.15, 0.2) is 11.6 Å². The van der Waals surface area contributed by atoms with Crippen molar-refractivity contribution in [1.29, 1.82) is 0 Å². The van der Waals surface area contributed by atoms with Crippen molar-refractivity contribution in [3.63, 3.8) is 0 Å². The van der Waals surface area contributed by atoms with Crippen LogP contribution < -0.4 is 14.4 Å². The van der Waals surface area contributed by atoms with Crippen LogP contribution in [-0.2, 0) is 0 Å². The van der Waals surface area contributed by atoms with Crippen LogP contribution in [0.25, 0.3) is 22.8 Å². The van der Waals surface area contributed by atoms with Gasteiger partial charge in [-0.25, -0.2) is 4.98 Å². The lowest BCUT2D eigenvalue weighted by molar-refractivity contribution is 0.379. The molecule has 0 unspecified atom stereocenters. The minimum absolute atomic E-state index is 0.311. The van der Waals surface area contributed by atoms with Gasteiger partial charge in [-0.2, -0.15) is 9.97 Å². The molecule has 4 rings (SSSR count). The predicted octanol–water partition coefficient (Wildman–Crippen LogP) is 6.84. The molecular weight excluding hydrogens is 448 g/mol. The summed E-state index contributed by atoms with van der Waals surface area (Å²) in [6.45, 7) is 12.7. The van der Waals surface area contributed by atoms with Gasteiger partial charge in [0.2, 0.25) is 0 Å². The first kappa shape index (κ1) is 25.2. The molecule has 6 heteroatoms. The van der Waals surface area contributed by atoms with E-state index in [4.69, 9.17) is 19.4 Å². The SMILES string of the molecule is COc1ccc(N(C)c2c(C)c(C)c(-c3nc(OC)nc(-c4c(C)cccc4C)n3)c(C)c2C)cc1. The lowest BCUT2D eigenvalue weighted by atomic mass is 9.90. The van der Waals surface area contributed by atoms with Crippen LogP contribution in [0.15, 0.2) is 42.5 Å². The molecule has 1 heterocycles. The summed E-state index contributed by atoms with van der Waals surface area (Å²) in [5, 5.41) is 0. The van der Waals surface area contributed by atoms with Gasteiger partial charge in [0.1, 0.15) is 5.75 Å². The molecule has 0 bridgehead atoms. The maximum Gasteiger partial charge on any atom is 0.320 e. The fraction of sp³-hybridized carbons (Fsp3) is 0.300. The maximum absolute atomic E-state index is 5.52. The van der Waals surface area contributed by atoms with Gasteiger partial charge in [-0.15, -0.1) is 0 Å². The van der Waals surface area contributed by atoms with Crippen LogP contribution in [0.5, 0.6) is 11.8 Å². The van der Waals surface area contributed by atoms with Crippen LogP contribution >= 0.6 is 0 Å². The second-order valence-electron chi connectivity index (χ2n) is 9.22. The topological polar surface area (TPSA) is 60.4 Å². The quantitative estimate of drug-likeness (QED) is 0.300. The van der Waals surface area contributed by atoms with Gasteiger partial charge in [-0.05, 0) is 99.2 Å². The Kier molecular flexibility index (Phi) is 6.97. The molecule has 0 fully saturated rings. The highest BCUT2D eigenvalue weighted by molar-refractivity contribution is 5.80. The molecule has 1 aromatic heterocycles. The predicted molar refractivity (Wildman–Crippen MR) is 147 cm³/mol. The summed E-state index contributed by atoms with van der Waals surface area (Å²) in [6.07, 6.45) is 0. The normalized spacial score (nSPS) is 10.9. The molecule has 0 spiro atoms. The minimum atomic E-state index is 0.311. The molecule has 0 N–H and O–H groups in total. The Morgan fingerprint density at radius 3 is 1.64 bits per heavy atom. The Morgan fingerprint density at radius 1 is 0.611 bits per heavy atom. The Balaban J connectivity index is 1.90. The minimum Gasteiger partial charge on any atom is -0.497 e. The number of benzene rings is 3. The third-order valence-electron chi connectivity index (χ3n) is 7.11. The van der Waals surface area contributed by atoms with Gasteiger partial charge < -0.3 is 14.4 Å². The largest absolute Gasteiger partial charge is 0.497 e. The molecule has 3 aromatic carbocycles. The standard InChI is InChI=1S/C30H34N4O2/c1-17-11-10-12-18(2)25(17)28-31-29(33-30(32-28)36-9)26-19(3)21(5)27(22(6)20(26)4)34(7)23-13-15-24(35-8)16-14-23/h10-16H,1-9H3. The van der Waals surface area contributed by atoms with E-state index in [0.29, 0.717) is 17.7 Å². The van der Waals surface area contributed by atoms with E-state index in [9.17, 15) is 0 Å². The molecule has 0 radical (unpaired) electrons. The molecule has 0 saturated heterocycles. The van der Waals surface area contributed by atoms with Crippen molar-refractivity contribution in [2.45, 2.75) is 41.5 Å². The molecule has 0 aliphatic rings. The molecule has 6 nitrogen and oxygen atoms in total. The first-order chi connectivity index (χ1) is 17.2. The van der Waals surface area contributed by atoms with Crippen LogP contribution in [0.2, 0.25) is 0 Å². The van der Waals surface area contributed by atoms with E-state index in [0.717, 1.165) is 44.8 Å². The van der Waals surface area contributed by atoms with Crippen LogP contribution in [0, 0.1) is 41.5 Å². The summed E-state index contributed by atoms with van der Waals surface area (Å²) in [4.78, 5) is 16.5. The summed E-state index contributed by atoms with van der Waals surface area (Å²) >= 11 is 0. The van der Waals surface area contributed by atoms with Crippen LogP contribution in [0.4, 0.5) is 11.4 Å². The van der Waals surface area contributed by atoms with Gasteiger partial charge in [0, 0.05) is 29.5 Å². The van der Waals surface area contributed by atoms with Gasteiger partial charge in [-0.1, -0.05) is 18.2 Å². The smallest absolute Gasteiger partial charge is 0.320 e. The molecule has 4 aromatic rings. The first-order valence-electron chi connectivity index (χ1n) is 12.0. The van der Waals surface area contributed by atoms with E-state index >= 15 is 0 Å². The zero-order valence-corrected chi connectivity index (χ0v) is 22.6. The third-order valence-corrected chi connectivity index (χ3v) is 7.11. The maximum atomic E-state index is 5.52. The van der Waals surface area contributed by atoms with Crippen molar-refractivity contribution in [1.82, 2.24) is 15.0 Å². The molecule has 0 amide bonds. The highest BCUT2D eigenvalue weighted by Crippen LogP contribution is 2.40. The third kappa shape index (κ3) is 4.39. The number of hydrogen-bond donors (Lipinski definition) is 0. The number of nitrogens with zero attached hydrogens (tertiary/aromatic N) is 4. The van der Waals surface area contributed by atoms with Crippen LogP contribution in [0.3, 0.4) is 0 Å². The summed E-state index contributed by atoms with van der Waals surface area (Å²) in [5.74, 6) is 2.09. The lowest BCUT2D eigenvalue weighted by Gasteiger charge is -2.28. The van der Waals surface area contributed by atoms with E-state index in [1.54, 1.807) is 14.2 Å². The number of aryl methyl sites for hydroxylation is 2. The van der Waals surface area contributed by atoms with E-state index in [1.165, 1.54) is 16.8 Å². The van der Waals surface area contributed by atoms with E-state index < -0.39 is 0 Å². The number of hydrogen-bond acceptors (Lipinski definition) is 6. The second kappa shape index (κ2) is 9.97. The number of methoxy groups -OCH3 is 2. The Labute approximate surface area is 214 Å². The Morgan fingerprint density at radius 2 is 1.14 bits per heavy atom. The van der Waals surface area contributed by atoms with Crippen molar-refractivity contribution in [2.24, 2.45) is 0 Å². The van der Waals surface area contributed by atoms with Crippen molar-refractivity contribution in [3.05, 3.63) is 75.8 Å². The summed E-state index contributed by atoms with van der Waals surface area (Å²) in [5.41, 5.74) is 11.2. The van der Waals surface area contributed by atoms with Gasteiger partial charge in [0.05, 0.1) is 14.2 Å². The first-order valence-corrected chi connectivity index (χ1v) is 12.0. The highest BCUT2D eigenvalue weighted by Gasteiger charge is 2.23. The summed E-state index contributed by atoms with van der Waals surface area (Å²) in [6, 6.07) is 14.6. The average molecular weight is 483 g/mol. The molecule has 0 saturated carbocycles. The number of aromatic nitrogens is 3. The zero-order chi connectivity index (χ0) is 26.1. The number of anilines is 2. The van der Waals surface area contributed by atoms with Gasteiger partial charge >= 0.3 is 6.01 Å². The number of ether oxygens (including phenoxy) is 2. The van der Waals surface area contributed by atoms with E-state index in [-0.39, 0.29) is 0 Å². The van der Waals surface area contributed by atoms with Crippen molar-refractivity contribution >= 4 is 11.4 Å². The summed E-state index contributed by atoms with van der Waals surface area (Å²) < 4.78 is 10.8. The van der Waals surface area contributed by atoms with Gasteiger partial charge in [0.25, 0.3) is 0 Å².